The molecule has 0 N–H and O–H groups in total. The van der Waals surface area contributed by atoms with Gasteiger partial charge in [-0.3, -0.25) is 4.98 Å². The number of anilines is 1. The molecule has 1 unspecified atom stereocenters. The molecule has 3 aromatic rings. The van der Waals surface area contributed by atoms with Crippen molar-refractivity contribution in [1.82, 2.24) is 19.4 Å². The van der Waals surface area contributed by atoms with Crippen molar-refractivity contribution in [2.75, 3.05) is 32.1 Å². The Morgan fingerprint density at radius 2 is 2.11 bits per heavy atom. The van der Waals surface area contributed by atoms with Gasteiger partial charge in [0.2, 0.25) is 15.9 Å². The molecular weight excluding hydrogens is 382 g/mol. The van der Waals surface area contributed by atoms with Gasteiger partial charge in [0.1, 0.15) is 17.6 Å². The van der Waals surface area contributed by atoms with Gasteiger partial charge in [0.25, 0.3) is 0 Å². The van der Waals surface area contributed by atoms with Gasteiger partial charge in [-0.05, 0) is 18.6 Å². The number of sulfonamides is 1. The van der Waals surface area contributed by atoms with Gasteiger partial charge in [-0.25, -0.2) is 8.42 Å². The normalized spacial score (nSPS) is 17.9. The van der Waals surface area contributed by atoms with Crippen molar-refractivity contribution in [2.24, 2.45) is 0 Å². The quantitative estimate of drug-likeness (QED) is 0.612. The van der Waals surface area contributed by atoms with E-state index in [-0.39, 0.29) is 18.4 Å². The molecule has 4 rings (SSSR count). The monoisotopic (exact) mass is 403 g/mol. The molecule has 1 aromatic carbocycles. The van der Waals surface area contributed by atoms with Gasteiger partial charge in [-0.1, -0.05) is 17.3 Å². The van der Waals surface area contributed by atoms with Crippen molar-refractivity contribution in [3.8, 4) is 5.88 Å². The number of hydrogen-bond acceptors (Lipinski definition) is 8. The Morgan fingerprint density at radius 1 is 1.29 bits per heavy atom. The predicted molar refractivity (Wildman–Crippen MR) is 104 cm³/mol. The molecule has 1 aliphatic heterocycles. The fourth-order valence-electron chi connectivity index (χ4n) is 3.13. The third kappa shape index (κ3) is 3.78. The van der Waals surface area contributed by atoms with E-state index in [1.807, 2.05) is 37.2 Å². The largest absolute Gasteiger partial charge is 0.472 e. The van der Waals surface area contributed by atoms with Crippen molar-refractivity contribution >= 4 is 26.8 Å². The maximum Gasteiger partial charge on any atom is 0.234 e. The highest BCUT2D eigenvalue weighted by molar-refractivity contribution is 7.88. The molecule has 1 atom stereocenters. The van der Waals surface area contributed by atoms with E-state index in [1.165, 1.54) is 10.5 Å². The second-order valence-corrected chi connectivity index (χ2v) is 8.85. The Bertz CT molecular complexity index is 1080. The summed E-state index contributed by atoms with van der Waals surface area (Å²) in [5.74, 6) is 0.864. The van der Waals surface area contributed by atoms with Crippen LogP contribution in [0.4, 0.5) is 5.82 Å². The molecule has 0 amide bonds. The van der Waals surface area contributed by atoms with E-state index in [0.717, 1.165) is 0 Å². The van der Waals surface area contributed by atoms with E-state index >= 15 is 0 Å². The lowest BCUT2D eigenvalue weighted by molar-refractivity contribution is 0.206. The summed E-state index contributed by atoms with van der Waals surface area (Å²) < 4.78 is 38.2. The van der Waals surface area contributed by atoms with Crippen LogP contribution < -0.4 is 9.64 Å². The van der Waals surface area contributed by atoms with E-state index in [2.05, 4.69) is 15.1 Å². The molecule has 1 fully saturated rings. The molecule has 1 aliphatic rings. The van der Waals surface area contributed by atoms with Crippen LogP contribution in [0.3, 0.4) is 0 Å². The fourth-order valence-corrected chi connectivity index (χ4v) is 4.65. The van der Waals surface area contributed by atoms with Gasteiger partial charge >= 0.3 is 0 Å². The molecule has 0 saturated carbocycles. The van der Waals surface area contributed by atoms with Crippen LogP contribution in [0.2, 0.25) is 0 Å². The van der Waals surface area contributed by atoms with E-state index in [4.69, 9.17) is 9.26 Å². The molecule has 0 spiro atoms. The molecule has 0 radical (unpaired) electrons. The minimum atomic E-state index is -3.53. The zero-order valence-corrected chi connectivity index (χ0v) is 16.5. The first kappa shape index (κ1) is 18.6. The Labute approximate surface area is 163 Å². The third-order valence-electron chi connectivity index (χ3n) is 4.62. The zero-order chi connectivity index (χ0) is 19.7. The molecule has 2 aromatic heterocycles. The lowest BCUT2D eigenvalue weighted by Gasteiger charge is -2.17. The first-order chi connectivity index (χ1) is 13.4. The average molecular weight is 403 g/mol. The third-order valence-corrected chi connectivity index (χ3v) is 6.37. The summed E-state index contributed by atoms with van der Waals surface area (Å²) in [6.07, 6.45) is 3.49. The van der Waals surface area contributed by atoms with Crippen molar-refractivity contribution in [3.63, 3.8) is 0 Å². The predicted octanol–water partition coefficient (Wildman–Crippen LogP) is 1.67. The molecule has 10 heteroatoms. The first-order valence-electron chi connectivity index (χ1n) is 8.89. The standard InChI is InChI=1S/C18H21N5O4S/c1-22(2)17-9-19-10-18(20-17)26-13-7-8-23(11-13)28(24,25)12-15-14-5-3-4-6-16(14)27-21-15/h3-6,9-10,13H,7-8,11-12H2,1-2H3. The minimum Gasteiger partial charge on any atom is -0.472 e. The maximum atomic E-state index is 12.8. The van der Waals surface area contributed by atoms with Crippen LogP contribution in [0.15, 0.2) is 41.2 Å². The van der Waals surface area contributed by atoms with Gasteiger partial charge in [-0.15, -0.1) is 0 Å². The van der Waals surface area contributed by atoms with Crippen LogP contribution in [0.1, 0.15) is 12.1 Å². The molecular formula is C18H21N5O4S. The molecule has 1 saturated heterocycles. The summed E-state index contributed by atoms with van der Waals surface area (Å²) >= 11 is 0. The number of nitrogens with zero attached hydrogens (tertiary/aromatic N) is 5. The van der Waals surface area contributed by atoms with Crippen LogP contribution >= 0.6 is 0 Å². The van der Waals surface area contributed by atoms with Gasteiger partial charge in [0, 0.05) is 26.0 Å². The zero-order valence-electron chi connectivity index (χ0n) is 15.6. The summed E-state index contributed by atoms with van der Waals surface area (Å²) in [4.78, 5) is 10.3. The highest BCUT2D eigenvalue weighted by Gasteiger charge is 2.34. The number of para-hydroxylation sites is 1. The minimum absolute atomic E-state index is 0.202. The van der Waals surface area contributed by atoms with Gasteiger partial charge < -0.3 is 14.2 Å². The van der Waals surface area contributed by atoms with Crippen LogP contribution in [0.25, 0.3) is 11.0 Å². The molecule has 3 heterocycles. The Hall–Kier alpha value is -2.72. The molecule has 0 aliphatic carbocycles. The van der Waals surface area contributed by atoms with E-state index < -0.39 is 10.0 Å². The second kappa shape index (κ2) is 7.36. The Morgan fingerprint density at radius 3 is 2.93 bits per heavy atom. The fraction of sp³-hybridized carbons (Fsp3) is 0.389. The van der Waals surface area contributed by atoms with Crippen LogP contribution in [0.5, 0.6) is 5.88 Å². The SMILES string of the molecule is CN(C)c1cncc(OC2CCN(S(=O)(=O)Cc3noc4ccccc34)C2)n1. The molecule has 9 nitrogen and oxygen atoms in total. The van der Waals surface area contributed by atoms with Gasteiger partial charge in [0.05, 0.1) is 18.9 Å². The Kier molecular flexibility index (Phi) is 4.90. The number of aromatic nitrogens is 3. The van der Waals surface area contributed by atoms with Gasteiger partial charge in [-0.2, -0.15) is 9.29 Å². The molecule has 148 valence electrons. The number of hydrogen-bond donors (Lipinski definition) is 0. The Balaban J connectivity index is 1.43. The lowest BCUT2D eigenvalue weighted by Crippen LogP contribution is -2.32. The van der Waals surface area contributed by atoms with Crippen LogP contribution in [-0.4, -0.2) is 61.1 Å². The lowest BCUT2D eigenvalue weighted by atomic mass is 10.2. The van der Waals surface area contributed by atoms with E-state index in [9.17, 15) is 8.42 Å². The summed E-state index contributed by atoms with van der Waals surface area (Å²) in [5.41, 5.74) is 0.999. The van der Waals surface area contributed by atoms with Crippen molar-refractivity contribution < 1.29 is 17.7 Å². The molecule has 28 heavy (non-hydrogen) atoms. The van der Waals surface area contributed by atoms with E-state index in [0.29, 0.717) is 41.3 Å². The van der Waals surface area contributed by atoms with Crippen molar-refractivity contribution in [2.45, 2.75) is 18.3 Å². The highest BCUT2D eigenvalue weighted by Crippen LogP contribution is 2.24. The summed E-state index contributed by atoms with van der Waals surface area (Å²) in [5, 5.41) is 4.65. The highest BCUT2D eigenvalue weighted by atomic mass is 32.2. The maximum absolute atomic E-state index is 12.8. The number of fused-ring (bicyclic) bond motifs is 1. The summed E-state index contributed by atoms with van der Waals surface area (Å²) in [6, 6.07) is 7.23. The van der Waals surface area contributed by atoms with Crippen molar-refractivity contribution in [1.29, 1.82) is 0 Å². The van der Waals surface area contributed by atoms with Gasteiger partial charge in [0.15, 0.2) is 11.4 Å². The first-order valence-corrected chi connectivity index (χ1v) is 10.5. The number of rotatable bonds is 6. The van der Waals surface area contributed by atoms with Crippen LogP contribution in [-0.2, 0) is 15.8 Å². The molecule has 0 bridgehead atoms. The number of benzene rings is 1. The average Bonchev–Trinajstić information content (AvgIpc) is 3.30. The summed E-state index contributed by atoms with van der Waals surface area (Å²) in [6.45, 7) is 0.662. The number of ether oxygens (including phenoxy) is 1. The van der Waals surface area contributed by atoms with E-state index in [1.54, 1.807) is 12.3 Å². The van der Waals surface area contributed by atoms with Crippen molar-refractivity contribution in [3.05, 3.63) is 42.4 Å². The topological polar surface area (TPSA) is 102 Å². The smallest absolute Gasteiger partial charge is 0.234 e. The van der Waals surface area contributed by atoms with Crippen LogP contribution in [0, 0.1) is 0 Å². The second-order valence-electron chi connectivity index (χ2n) is 6.88. The summed E-state index contributed by atoms with van der Waals surface area (Å²) in [7, 11) is 0.198.